The molecule has 15 heavy (non-hydrogen) atoms. The van der Waals surface area contributed by atoms with Crippen LogP contribution in [0.2, 0.25) is 0 Å². The first-order valence-corrected chi connectivity index (χ1v) is 6.66. The summed E-state index contributed by atoms with van der Waals surface area (Å²) in [6, 6.07) is 10.5. The van der Waals surface area contributed by atoms with Gasteiger partial charge in [-0.3, -0.25) is 0 Å². The lowest BCUT2D eigenvalue weighted by atomic mass is 10.1. The van der Waals surface area contributed by atoms with Gasteiger partial charge in [-0.05, 0) is 24.1 Å². The van der Waals surface area contributed by atoms with E-state index in [1.807, 2.05) is 18.2 Å². The van der Waals surface area contributed by atoms with Crippen LogP contribution in [0, 0.1) is 17.2 Å². The van der Waals surface area contributed by atoms with E-state index in [0.717, 1.165) is 15.8 Å². The van der Waals surface area contributed by atoms with E-state index in [1.54, 1.807) is 11.8 Å². The van der Waals surface area contributed by atoms with Gasteiger partial charge in [0.2, 0.25) is 0 Å². The van der Waals surface area contributed by atoms with Crippen LogP contribution >= 0.6 is 27.7 Å². The number of nitrogens with zero attached hydrogens (tertiary/aromatic N) is 1. The number of hydrogen-bond donors (Lipinski definition) is 0. The van der Waals surface area contributed by atoms with Crippen molar-refractivity contribution in [1.82, 2.24) is 0 Å². The highest BCUT2D eigenvalue weighted by Gasteiger charge is 2.16. The summed E-state index contributed by atoms with van der Waals surface area (Å²) in [7, 11) is 0. The minimum Gasteiger partial charge on any atom is -0.197 e. The van der Waals surface area contributed by atoms with Gasteiger partial charge < -0.3 is 0 Å². The topological polar surface area (TPSA) is 23.8 Å². The molecule has 0 aliphatic carbocycles. The van der Waals surface area contributed by atoms with Gasteiger partial charge in [-0.1, -0.05) is 42.3 Å². The summed E-state index contributed by atoms with van der Waals surface area (Å²) in [5.41, 5.74) is 0. The molecule has 0 heterocycles. The van der Waals surface area contributed by atoms with E-state index in [4.69, 9.17) is 5.26 Å². The molecule has 0 bridgehead atoms. The number of thioether (sulfide) groups is 1. The number of halogens is 1. The second-order valence-corrected chi connectivity index (χ2v) is 5.64. The molecule has 1 aromatic carbocycles. The smallest absolute Gasteiger partial charge is 0.0988 e. The molecule has 3 heteroatoms. The maximum atomic E-state index is 9.08. The third kappa shape index (κ3) is 3.89. The number of hydrogen-bond acceptors (Lipinski definition) is 2. The van der Waals surface area contributed by atoms with Gasteiger partial charge in [0, 0.05) is 9.37 Å². The highest BCUT2D eigenvalue weighted by Crippen LogP contribution is 2.30. The fourth-order valence-corrected chi connectivity index (χ4v) is 2.84. The quantitative estimate of drug-likeness (QED) is 0.761. The van der Waals surface area contributed by atoms with Crippen LogP contribution in [0.3, 0.4) is 0 Å². The standard InChI is InChI=1S/C12H14BrNS/c1-3-9(2)12(8-14)15-11-6-4-5-10(13)7-11/h4-7,9,12H,3H2,1-2H3. The Balaban J connectivity index is 2.72. The normalized spacial score (nSPS) is 14.3. The fourth-order valence-electron chi connectivity index (χ4n) is 1.17. The minimum atomic E-state index is 0.0456. The molecule has 0 saturated heterocycles. The van der Waals surface area contributed by atoms with Crippen LogP contribution in [0.25, 0.3) is 0 Å². The van der Waals surface area contributed by atoms with Crippen molar-refractivity contribution >= 4 is 27.7 Å². The molecule has 0 amide bonds. The molecule has 2 atom stereocenters. The Kier molecular flexibility index (Phi) is 5.21. The molecular formula is C12H14BrNS. The molecule has 0 N–H and O–H groups in total. The minimum absolute atomic E-state index is 0.0456. The number of rotatable bonds is 4. The predicted molar refractivity (Wildman–Crippen MR) is 68.9 cm³/mol. The molecule has 1 aromatic rings. The van der Waals surface area contributed by atoms with Gasteiger partial charge in [0.1, 0.15) is 0 Å². The van der Waals surface area contributed by atoms with Crippen molar-refractivity contribution in [3.8, 4) is 6.07 Å². The van der Waals surface area contributed by atoms with Crippen molar-refractivity contribution in [3.63, 3.8) is 0 Å². The lowest BCUT2D eigenvalue weighted by Gasteiger charge is -2.15. The van der Waals surface area contributed by atoms with Gasteiger partial charge in [-0.15, -0.1) is 11.8 Å². The van der Waals surface area contributed by atoms with Crippen molar-refractivity contribution in [3.05, 3.63) is 28.7 Å². The molecule has 0 aromatic heterocycles. The molecule has 80 valence electrons. The molecule has 0 aliphatic rings. The lowest BCUT2D eigenvalue weighted by molar-refractivity contribution is 0.589. The highest BCUT2D eigenvalue weighted by atomic mass is 79.9. The van der Waals surface area contributed by atoms with Gasteiger partial charge in [-0.2, -0.15) is 5.26 Å². The molecule has 1 nitrogen and oxygen atoms in total. The summed E-state index contributed by atoms with van der Waals surface area (Å²) in [5, 5.41) is 9.12. The van der Waals surface area contributed by atoms with Gasteiger partial charge in [0.25, 0.3) is 0 Å². The molecule has 0 radical (unpaired) electrons. The zero-order valence-electron chi connectivity index (χ0n) is 8.90. The third-order valence-corrected chi connectivity index (χ3v) is 4.19. The Labute approximate surface area is 104 Å². The SMILES string of the molecule is CCC(C)C(C#N)Sc1cccc(Br)c1. The first-order chi connectivity index (χ1) is 7.17. The van der Waals surface area contributed by atoms with Crippen molar-refractivity contribution < 1.29 is 0 Å². The third-order valence-electron chi connectivity index (χ3n) is 2.35. The van der Waals surface area contributed by atoms with E-state index in [1.165, 1.54) is 0 Å². The largest absolute Gasteiger partial charge is 0.197 e. The monoisotopic (exact) mass is 283 g/mol. The summed E-state index contributed by atoms with van der Waals surface area (Å²) in [6.07, 6.45) is 1.04. The van der Waals surface area contributed by atoms with E-state index in [0.29, 0.717) is 5.92 Å². The van der Waals surface area contributed by atoms with Gasteiger partial charge in [0.15, 0.2) is 0 Å². The summed E-state index contributed by atoms with van der Waals surface area (Å²) >= 11 is 5.08. The van der Waals surface area contributed by atoms with Gasteiger partial charge >= 0.3 is 0 Å². The Morgan fingerprint density at radius 2 is 2.27 bits per heavy atom. The van der Waals surface area contributed by atoms with Crippen LogP contribution in [0.5, 0.6) is 0 Å². The average molecular weight is 284 g/mol. The summed E-state index contributed by atoms with van der Waals surface area (Å²) < 4.78 is 1.06. The number of benzene rings is 1. The van der Waals surface area contributed by atoms with E-state index in [9.17, 15) is 0 Å². The van der Waals surface area contributed by atoms with E-state index in [2.05, 4.69) is 41.9 Å². The van der Waals surface area contributed by atoms with Gasteiger partial charge in [-0.25, -0.2) is 0 Å². The predicted octanol–water partition coefficient (Wildman–Crippen LogP) is 4.48. The molecule has 0 aliphatic heterocycles. The first-order valence-electron chi connectivity index (χ1n) is 4.99. The van der Waals surface area contributed by atoms with E-state index < -0.39 is 0 Å². The Morgan fingerprint density at radius 1 is 1.53 bits per heavy atom. The fraction of sp³-hybridized carbons (Fsp3) is 0.417. The van der Waals surface area contributed by atoms with Gasteiger partial charge in [0.05, 0.1) is 11.3 Å². The molecule has 1 rings (SSSR count). The molecule has 0 spiro atoms. The molecular weight excluding hydrogens is 270 g/mol. The second-order valence-electron chi connectivity index (χ2n) is 3.51. The van der Waals surface area contributed by atoms with Crippen LogP contribution in [0.15, 0.2) is 33.6 Å². The van der Waals surface area contributed by atoms with E-state index >= 15 is 0 Å². The van der Waals surface area contributed by atoms with Crippen LogP contribution in [-0.4, -0.2) is 5.25 Å². The number of nitriles is 1. The van der Waals surface area contributed by atoms with Crippen molar-refractivity contribution in [2.45, 2.75) is 30.4 Å². The van der Waals surface area contributed by atoms with Crippen molar-refractivity contribution in [2.24, 2.45) is 5.92 Å². The molecule has 0 saturated carbocycles. The Morgan fingerprint density at radius 3 is 2.80 bits per heavy atom. The zero-order chi connectivity index (χ0) is 11.3. The summed E-state index contributed by atoms with van der Waals surface area (Å²) in [6.45, 7) is 4.25. The van der Waals surface area contributed by atoms with Crippen LogP contribution in [0.1, 0.15) is 20.3 Å². The Hall–Kier alpha value is -0.460. The second kappa shape index (κ2) is 6.19. The first kappa shape index (κ1) is 12.6. The van der Waals surface area contributed by atoms with Crippen molar-refractivity contribution in [2.75, 3.05) is 0 Å². The van der Waals surface area contributed by atoms with E-state index in [-0.39, 0.29) is 5.25 Å². The lowest BCUT2D eigenvalue weighted by Crippen LogP contribution is -2.10. The summed E-state index contributed by atoms with van der Waals surface area (Å²) in [5.74, 6) is 0.430. The van der Waals surface area contributed by atoms with Crippen LogP contribution in [-0.2, 0) is 0 Å². The zero-order valence-corrected chi connectivity index (χ0v) is 11.3. The highest BCUT2D eigenvalue weighted by molar-refractivity contribution is 9.10. The van der Waals surface area contributed by atoms with Crippen molar-refractivity contribution in [1.29, 1.82) is 5.26 Å². The molecule has 0 fully saturated rings. The Bertz CT molecular complexity index is 359. The van der Waals surface area contributed by atoms with Crippen LogP contribution < -0.4 is 0 Å². The average Bonchev–Trinajstić information content (AvgIpc) is 2.25. The summed E-state index contributed by atoms with van der Waals surface area (Å²) in [4.78, 5) is 1.15. The maximum Gasteiger partial charge on any atom is 0.0988 e. The maximum absolute atomic E-state index is 9.08. The molecule has 2 unspecified atom stereocenters. The van der Waals surface area contributed by atoms with Crippen LogP contribution in [0.4, 0.5) is 0 Å².